The lowest BCUT2D eigenvalue weighted by molar-refractivity contribution is -0.133. The summed E-state index contributed by atoms with van der Waals surface area (Å²) in [6.07, 6.45) is 1.41. The van der Waals surface area contributed by atoms with Gasteiger partial charge in [-0.2, -0.15) is 0 Å². The Morgan fingerprint density at radius 2 is 2.00 bits per heavy atom. The Labute approximate surface area is 140 Å². The van der Waals surface area contributed by atoms with Gasteiger partial charge in [0.05, 0.1) is 6.26 Å². The Morgan fingerprint density at radius 1 is 1.26 bits per heavy atom. The van der Waals surface area contributed by atoms with E-state index >= 15 is 0 Å². The maximum Gasteiger partial charge on any atom is 0.287 e. The van der Waals surface area contributed by atoms with Crippen molar-refractivity contribution in [2.45, 2.75) is 26.4 Å². The molecule has 0 fully saturated rings. The summed E-state index contributed by atoms with van der Waals surface area (Å²) in [5, 5.41) is 3.26. The third-order valence-electron chi connectivity index (χ3n) is 3.48. The zero-order valence-electron chi connectivity index (χ0n) is 13.1. The van der Waals surface area contributed by atoms with E-state index in [1.54, 1.807) is 30.0 Å². The summed E-state index contributed by atoms with van der Waals surface area (Å²) in [7, 11) is 0. The van der Waals surface area contributed by atoms with E-state index in [1.165, 1.54) is 6.26 Å². The molecule has 0 aliphatic rings. The zero-order chi connectivity index (χ0) is 16.8. The molecule has 1 aromatic carbocycles. The molecule has 0 saturated carbocycles. The van der Waals surface area contributed by atoms with Gasteiger partial charge in [0.1, 0.15) is 6.04 Å². The van der Waals surface area contributed by atoms with E-state index in [4.69, 9.17) is 16.0 Å². The predicted molar refractivity (Wildman–Crippen MR) is 88.2 cm³/mol. The van der Waals surface area contributed by atoms with Crippen molar-refractivity contribution >= 4 is 23.4 Å². The van der Waals surface area contributed by atoms with Gasteiger partial charge in [-0.05, 0) is 37.6 Å². The largest absolute Gasteiger partial charge is 0.459 e. The van der Waals surface area contributed by atoms with E-state index in [2.05, 4.69) is 5.32 Å². The van der Waals surface area contributed by atoms with Crippen LogP contribution in [0.15, 0.2) is 47.1 Å². The summed E-state index contributed by atoms with van der Waals surface area (Å²) in [6, 6.07) is 9.90. The van der Waals surface area contributed by atoms with E-state index in [-0.39, 0.29) is 11.7 Å². The van der Waals surface area contributed by atoms with Crippen molar-refractivity contribution in [2.75, 3.05) is 6.54 Å². The summed E-state index contributed by atoms with van der Waals surface area (Å²) in [4.78, 5) is 26.1. The Bertz CT molecular complexity index is 670. The summed E-state index contributed by atoms with van der Waals surface area (Å²) >= 11 is 6.14. The molecule has 1 aromatic heterocycles. The number of carbonyl (C=O) groups is 2. The molecule has 5 nitrogen and oxygen atoms in total. The first kappa shape index (κ1) is 17.1. The molecule has 1 atom stereocenters. The Morgan fingerprint density at radius 3 is 2.61 bits per heavy atom. The summed E-state index contributed by atoms with van der Waals surface area (Å²) in [6.45, 7) is 4.45. The lowest BCUT2D eigenvalue weighted by Gasteiger charge is -2.25. The third-order valence-corrected chi connectivity index (χ3v) is 3.84. The van der Waals surface area contributed by atoms with Gasteiger partial charge >= 0.3 is 0 Å². The normalized spacial score (nSPS) is 11.8. The van der Waals surface area contributed by atoms with Gasteiger partial charge in [-0.1, -0.05) is 29.8 Å². The molecule has 2 amide bonds. The summed E-state index contributed by atoms with van der Waals surface area (Å²) in [5.41, 5.74) is 0.869. The monoisotopic (exact) mass is 334 g/mol. The van der Waals surface area contributed by atoms with Crippen LogP contribution in [-0.4, -0.2) is 29.3 Å². The van der Waals surface area contributed by atoms with Crippen molar-refractivity contribution in [1.82, 2.24) is 10.2 Å². The van der Waals surface area contributed by atoms with Gasteiger partial charge in [-0.15, -0.1) is 0 Å². The van der Waals surface area contributed by atoms with Crippen LogP contribution in [0.3, 0.4) is 0 Å². The van der Waals surface area contributed by atoms with Gasteiger partial charge in [0, 0.05) is 18.1 Å². The number of nitrogens with zero attached hydrogens (tertiary/aromatic N) is 1. The number of benzene rings is 1. The standard InChI is InChI=1S/C17H19ClN2O3/c1-3-20(11-13-7-4-5-8-14(13)18)17(22)12(2)19-16(21)15-9-6-10-23-15/h4-10,12H,3,11H2,1-2H3,(H,19,21). The molecule has 0 radical (unpaired) electrons. The van der Waals surface area contributed by atoms with Crippen LogP contribution in [0.2, 0.25) is 5.02 Å². The van der Waals surface area contributed by atoms with Crippen LogP contribution in [0.4, 0.5) is 0 Å². The number of furan rings is 1. The fraction of sp³-hybridized carbons (Fsp3) is 0.294. The Kier molecular flexibility index (Phi) is 5.82. The number of carbonyl (C=O) groups excluding carboxylic acids is 2. The molecular formula is C17H19ClN2O3. The van der Waals surface area contributed by atoms with Gasteiger partial charge < -0.3 is 14.6 Å². The number of nitrogens with one attached hydrogen (secondary N) is 1. The minimum atomic E-state index is -0.657. The van der Waals surface area contributed by atoms with Gasteiger partial charge in [-0.25, -0.2) is 0 Å². The van der Waals surface area contributed by atoms with Crippen LogP contribution >= 0.6 is 11.6 Å². The number of rotatable bonds is 6. The molecule has 0 saturated heterocycles. The van der Waals surface area contributed by atoms with Crippen molar-refractivity contribution in [1.29, 1.82) is 0 Å². The van der Waals surface area contributed by atoms with E-state index in [9.17, 15) is 9.59 Å². The number of hydrogen-bond acceptors (Lipinski definition) is 3. The lowest BCUT2D eigenvalue weighted by Crippen LogP contribution is -2.46. The quantitative estimate of drug-likeness (QED) is 0.883. The smallest absolute Gasteiger partial charge is 0.287 e. The molecular weight excluding hydrogens is 316 g/mol. The predicted octanol–water partition coefficient (Wildman–Crippen LogP) is 3.10. The molecule has 0 aliphatic carbocycles. The first-order valence-electron chi connectivity index (χ1n) is 7.39. The minimum Gasteiger partial charge on any atom is -0.459 e. The maximum absolute atomic E-state index is 12.5. The number of halogens is 1. The maximum atomic E-state index is 12.5. The average Bonchev–Trinajstić information content (AvgIpc) is 3.08. The average molecular weight is 335 g/mol. The van der Waals surface area contributed by atoms with E-state index in [1.807, 2.05) is 25.1 Å². The van der Waals surface area contributed by atoms with Crippen molar-refractivity contribution in [3.63, 3.8) is 0 Å². The molecule has 0 spiro atoms. The molecule has 0 bridgehead atoms. The van der Waals surface area contributed by atoms with Gasteiger partial charge in [0.25, 0.3) is 5.91 Å². The van der Waals surface area contributed by atoms with Crippen molar-refractivity contribution < 1.29 is 14.0 Å². The van der Waals surface area contributed by atoms with Gasteiger partial charge in [0.15, 0.2) is 5.76 Å². The van der Waals surface area contributed by atoms with Crippen molar-refractivity contribution in [3.8, 4) is 0 Å². The highest BCUT2D eigenvalue weighted by atomic mass is 35.5. The summed E-state index contributed by atoms with van der Waals surface area (Å²) < 4.78 is 5.02. The van der Waals surface area contributed by atoms with E-state index < -0.39 is 11.9 Å². The van der Waals surface area contributed by atoms with E-state index in [0.29, 0.717) is 18.1 Å². The van der Waals surface area contributed by atoms with Crippen LogP contribution in [0, 0.1) is 0 Å². The minimum absolute atomic E-state index is 0.174. The van der Waals surface area contributed by atoms with Crippen molar-refractivity contribution in [2.24, 2.45) is 0 Å². The molecule has 1 N–H and O–H groups in total. The van der Waals surface area contributed by atoms with Crippen LogP contribution in [0.5, 0.6) is 0 Å². The Balaban J connectivity index is 2.01. The molecule has 2 aromatic rings. The highest BCUT2D eigenvalue weighted by Crippen LogP contribution is 2.17. The highest BCUT2D eigenvalue weighted by Gasteiger charge is 2.23. The first-order chi connectivity index (χ1) is 11.0. The lowest BCUT2D eigenvalue weighted by atomic mass is 10.2. The molecule has 23 heavy (non-hydrogen) atoms. The topological polar surface area (TPSA) is 62.6 Å². The summed E-state index contributed by atoms with van der Waals surface area (Å²) in [5.74, 6) is -0.407. The third kappa shape index (κ3) is 4.36. The molecule has 1 heterocycles. The molecule has 0 aliphatic heterocycles. The van der Waals surface area contributed by atoms with Gasteiger partial charge in [-0.3, -0.25) is 9.59 Å². The van der Waals surface area contributed by atoms with Crippen LogP contribution in [0.25, 0.3) is 0 Å². The second-order valence-corrected chi connectivity index (χ2v) is 5.52. The van der Waals surface area contributed by atoms with Crippen molar-refractivity contribution in [3.05, 3.63) is 59.0 Å². The number of amides is 2. The SMILES string of the molecule is CCN(Cc1ccccc1Cl)C(=O)C(C)NC(=O)c1ccco1. The van der Waals surface area contributed by atoms with Crippen LogP contribution in [0.1, 0.15) is 30.0 Å². The molecule has 122 valence electrons. The van der Waals surface area contributed by atoms with Gasteiger partial charge in [0.2, 0.25) is 5.91 Å². The fourth-order valence-electron chi connectivity index (χ4n) is 2.19. The second kappa shape index (κ2) is 7.83. The second-order valence-electron chi connectivity index (χ2n) is 5.12. The van der Waals surface area contributed by atoms with E-state index in [0.717, 1.165) is 5.56 Å². The number of likely N-dealkylation sites (N-methyl/N-ethyl adjacent to an activating group) is 1. The van der Waals surface area contributed by atoms with Crippen LogP contribution < -0.4 is 5.32 Å². The fourth-order valence-corrected chi connectivity index (χ4v) is 2.38. The highest BCUT2D eigenvalue weighted by molar-refractivity contribution is 6.31. The van der Waals surface area contributed by atoms with Crippen LogP contribution in [-0.2, 0) is 11.3 Å². The molecule has 2 rings (SSSR count). The zero-order valence-corrected chi connectivity index (χ0v) is 13.8. The number of hydrogen-bond donors (Lipinski definition) is 1. The Hall–Kier alpha value is -2.27. The first-order valence-corrected chi connectivity index (χ1v) is 7.77. The molecule has 1 unspecified atom stereocenters. The molecule has 6 heteroatoms.